The molecule has 0 aliphatic carbocycles. The van der Waals surface area contributed by atoms with Gasteiger partial charge in [0, 0.05) is 5.56 Å². The number of amides is 1. The highest BCUT2D eigenvalue weighted by Gasteiger charge is 2.15. The van der Waals surface area contributed by atoms with Gasteiger partial charge in [0.15, 0.2) is 0 Å². The fourth-order valence-electron chi connectivity index (χ4n) is 1.82. The van der Waals surface area contributed by atoms with Gasteiger partial charge >= 0.3 is 0 Å². The predicted molar refractivity (Wildman–Crippen MR) is 81.4 cm³/mol. The molecule has 0 unspecified atom stereocenters. The van der Waals surface area contributed by atoms with Crippen LogP contribution in [0.25, 0.3) is 0 Å². The van der Waals surface area contributed by atoms with Gasteiger partial charge in [-0.15, -0.1) is 0 Å². The Morgan fingerprint density at radius 3 is 2.50 bits per heavy atom. The molecule has 0 atom stereocenters. The van der Waals surface area contributed by atoms with E-state index in [1.807, 2.05) is 0 Å². The molecule has 5 heteroatoms. The van der Waals surface area contributed by atoms with E-state index in [0.717, 1.165) is 0 Å². The third-order valence-corrected chi connectivity index (χ3v) is 3.10. The molecule has 0 saturated heterocycles. The van der Waals surface area contributed by atoms with E-state index in [2.05, 4.69) is 5.32 Å². The van der Waals surface area contributed by atoms with E-state index >= 15 is 0 Å². The highest BCUT2D eigenvalue weighted by Crippen LogP contribution is 2.18. The number of nitrogens with two attached hydrogens (primary N) is 1. The van der Waals surface area contributed by atoms with Crippen molar-refractivity contribution in [2.24, 2.45) is 5.73 Å². The second kappa shape index (κ2) is 5.79. The first-order valence-electron chi connectivity index (χ1n) is 5.96. The summed E-state index contributed by atoms with van der Waals surface area (Å²) < 4.78 is 13.9. The summed E-state index contributed by atoms with van der Waals surface area (Å²) in [4.78, 5) is 12.3. The van der Waals surface area contributed by atoms with E-state index in [9.17, 15) is 9.18 Å². The lowest BCUT2D eigenvalue weighted by Crippen LogP contribution is -2.18. The number of halogens is 1. The molecule has 0 aliphatic rings. The number of nitrogens with one attached hydrogen (secondary N) is 1. The van der Waals surface area contributed by atoms with Gasteiger partial charge in [0.1, 0.15) is 10.8 Å². The van der Waals surface area contributed by atoms with Gasteiger partial charge in [-0.3, -0.25) is 4.79 Å². The average molecular weight is 288 g/mol. The first kappa shape index (κ1) is 14.1. The SMILES string of the molecule is Cc1cccc(C(=O)Nc2ccccc2C(N)=S)c1F. The second-order valence-corrected chi connectivity index (χ2v) is 4.74. The van der Waals surface area contributed by atoms with E-state index in [1.54, 1.807) is 43.3 Å². The van der Waals surface area contributed by atoms with Crippen molar-refractivity contribution < 1.29 is 9.18 Å². The topological polar surface area (TPSA) is 55.1 Å². The molecule has 2 aromatic carbocycles. The van der Waals surface area contributed by atoms with Gasteiger partial charge in [-0.1, -0.05) is 36.5 Å². The number of hydrogen-bond donors (Lipinski definition) is 2. The Labute approximate surface area is 121 Å². The number of anilines is 1. The van der Waals surface area contributed by atoms with Crippen molar-refractivity contribution in [2.45, 2.75) is 6.92 Å². The lowest BCUT2D eigenvalue weighted by Gasteiger charge is -2.11. The predicted octanol–water partition coefficient (Wildman–Crippen LogP) is 3.02. The van der Waals surface area contributed by atoms with Crippen molar-refractivity contribution in [1.82, 2.24) is 0 Å². The molecule has 0 spiro atoms. The van der Waals surface area contributed by atoms with Crippen molar-refractivity contribution in [3.63, 3.8) is 0 Å². The second-order valence-electron chi connectivity index (χ2n) is 4.30. The third-order valence-electron chi connectivity index (χ3n) is 2.88. The molecule has 0 saturated carbocycles. The maximum absolute atomic E-state index is 13.9. The molecule has 0 bridgehead atoms. The summed E-state index contributed by atoms with van der Waals surface area (Å²) in [5.74, 6) is -1.06. The number of rotatable bonds is 3. The van der Waals surface area contributed by atoms with Crippen LogP contribution < -0.4 is 11.1 Å². The first-order chi connectivity index (χ1) is 9.50. The molecule has 0 heterocycles. The number of carbonyl (C=O) groups is 1. The highest BCUT2D eigenvalue weighted by molar-refractivity contribution is 7.80. The van der Waals surface area contributed by atoms with E-state index in [1.165, 1.54) is 6.07 Å². The molecule has 2 rings (SSSR count). The Morgan fingerprint density at radius 1 is 1.15 bits per heavy atom. The molecule has 2 aromatic rings. The summed E-state index contributed by atoms with van der Waals surface area (Å²) in [6, 6.07) is 11.5. The fraction of sp³-hybridized carbons (Fsp3) is 0.0667. The minimum Gasteiger partial charge on any atom is -0.389 e. The zero-order chi connectivity index (χ0) is 14.7. The summed E-state index contributed by atoms with van der Waals surface area (Å²) in [6.07, 6.45) is 0. The number of para-hydroxylation sites is 1. The van der Waals surface area contributed by atoms with Crippen LogP contribution in [0.4, 0.5) is 10.1 Å². The average Bonchev–Trinajstić information content (AvgIpc) is 2.42. The third kappa shape index (κ3) is 2.83. The van der Waals surface area contributed by atoms with Crippen LogP contribution in [0.1, 0.15) is 21.5 Å². The van der Waals surface area contributed by atoms with Crippen LogP contribution in [0.15, 0.2) is 42.5 Å². The van der Waals surface area contributed by atoms with Crippen molar-refractivity contribution in [3.8, 4) is 0 Å². The lowest BCUT2D eigenvalue weighted by molar-refractivity contribution is 0.102. The largest absolute Gasteiger partial charge is 0.389 e. The smallest absolute Gasteiger partial charge is 0.258 e. The minimum absolute atomic E-state index is 0.0113. The summed E-state index contributed by atoms with van der Waals surface area (Å²) in [6.45, 7) is 1.61. The lowest BCUT2D eigenvalue weighted by atomic mass is 10.1. The maximum Gasteiger partial charge on any atom is 0.258 e. The van der Waals surface area contributed by atoms with E-state index < -0.39 is 11.7 Å². The Hall–Kier alpha value is -2.27. The number of carbonyl (C=O) groups excluding carboxylic acids is 1. The summed E-state index contributed by atoms with van der Waals surface area (Å²) in [5.41, 5.74) is 7.00. The van der Waals surface area contributed by atoms with Gasteiger partial charge < -0.3 is 11.1 Å². The molecule has 0 fully saturated rings. The molecule has 20 heavy (non-hydrogen) atoms. The summed E-state index contributed by atoms with van der Waals surface area (Å²) in [5, 5.41) is 2.63. The van der Waals surface area contributed by atoms with Crippen LogP contribution in [0, 0.1) is 12.7 Å². The highest BCUT2D eigenvalue weighted by atomic mass is 32.1. The number of aryl methyl sites for hydroxylation is 1. The quantitative estimate of drug-likeness (QED) is 0.854. The van der Waals surface area contributed by atoms with Crippen LogP contribution >= 0.6 is 12.2 Å². The molecule has 1 amide bonds. The van der Waals surface area contributed by atoms with Gasteiger partial charge in [0.05, 0.1) is 11.3 Å². The molecule has 3 nitrogen and oxygen atoms in total. The van der Waals surface area contributed by atoms with Crippen LogP contribution in [0.2, 0.25) is 0 Å². The molecule has 0 aliphatic heterocycles. The molecular weight excluding hydrogens is 275 g/mol. The standard InChI is InChI=1S/C15H13FN2OS/c1-9-5-4-7-11(13(9)16)15(19)18-12-8-3-2-6-10(12)14(17)20/h2-8H,1H3,(H2,17,20)(H,18,19). The van der Waals surface area contributed by atoms with Gasteiger partial charge in [-0.05, 0) is 30.7 Å². The van der Waals surface area contributed by atoms with Crippen molar-refractivity contribution in [1.29, 1.82) is 0 Å². The Bertz CT molecular complexity index is 685. The maximum atomic E-state index is 13.9. The molecule has 0 aromatic heterocycles. The van der Waals surface area contributed by atoms with Crippen molar-refractivity contribution in [3.05, 3.63) is 65.0 Å². The Kier molecular flexibility index (Phi) is 4.10. The van der Waals surface area contributed by atoms with Crippen LogP contribution in [-0.2, 0) is 0 Å². The van der Waals surface area contributed by atoms with E-state index in [0.29, 0.717) is 16.8 Å². The molecule has 0 radical (unpaired) electrons. The fourth-order valence-corrected chi connectivity index (χ4v) is 2.00. The zero-order valence-corrected chi connectivity index (χ0v) is 11.6. The summed E-state index contributed by atoms with van der Waals surface area (Å²) >= 11 is 4.92. The van der Waals surface area contributed by atoms with E-state index in [-0.39, 0.29) is 10.6 Å². The Morgan fingerprint density at radius 2 is 1.80 bits per heavy atom. The van der Waals surface area contributed by atoms with Crippen LogP contribution in [0.3, 0.4) is 0 Å². The monoisotopic (exact) mass is 288 g/mol. The Balaban J connectivity index is 2.33. The summed E-state index contributed by atoms with van der Waals surface area (Å²) in [7, 11) is 0. The van der Waals surface area contributed by atoms with Crippen molar-refractivity contribution in [2.75, 3.05) is 5.32 Å². The van der Waals surface area contributed by atoms with Crippen molar-refractivity contribution >= 4 is 28.8 Å². The van der Waals surface area contributed by atoms with E-state index in [4.69, 9.17) is 18.0 Å². The molecular formula is C15H13FN2OS. The van der Waals surface area contributed by atoms with Crippen LogP contribution in [0.5, 0.6) is 0 Å². The zero-order valence-electron chi connectivity index (χ0n) is 10.8. The molecule has 102 valence electrons. The van der Waals surface area contributed by atoms with Gasteiger partial charge in [-0.2, -0.15) is 0 Å². The van der Waals surface area contributed by atoms with Gasteiger partial charge in [0.2, 0.25) is 0 Å². The number of thiocarbonyl (C=S) groups is 1. The first-order valence-corrected chi connectivity index (χ1v) is 6.37. The van der Waals surface area contributed by atoms with Crippen LogP contribution in [-0.4, -0.2) is 10.9 Å². The van der Waals surface area contributed by atoms with Gasteiger partial charge in [-0.25, -0.2) is 4.39 Å². The normalized spacial score (nSPS) is 10.1. The number of hydrogen-bond acceptors (Lipinski definition) is 2. The minimum atomic E-state index is -0.532. The van der Waals surface area contributed by atoms with Gasteiger partial charge in [0.25, 0.3) is 5.91 Å². The molecule has 3 N–H and O–H groups in total. The number of benzene rings is 2.